The molecule has 0 aromatic heterocycles. The average molecular weight is 281 g/mol. The van der Waals surface area contributed by atoms with Crippen LogP contribution in [0.25, 0.3) is 0 Å². The van der Waals surface area contributed by atoms with Crippen molar-refractivity contribution in [1.29, 1.82) is 0 Å². The largest absolute Gasteiger partial charge is 0.300 e. The molecular formula is C14H19NO3S. The number of Topliss-reactive ketones (excluding diaryl/α,β-unsaturated/α-hetero) is 1. The molecule has 0 amide bonds. The second-order valence-corrected chi connectivity index (χ2v) is 7.11. The summed E-state index contributed by atoms with van der Waals surface area (Å²) in [6.07, 6.45) is 2.22. The van der Waals surface area contributed by atoms with Gasteiger partial charge in [-0.1, -0.05) is 12.1 Å². The number of sulfonamides is 1. The van der Waals surface area contributed by atoms with Crippen molar-refractivity contribution in [2.24, 2.45) is 0 Å². The van der Waals surface area contributed by atoms with Gasteiger partial charge in [0.1, 0.15) is 5.78 Å². The van der Waals surface area contributed by atoms with Crippen molar-refractivity contribution in [3.8, 4) is 0 Å². The zero-order valence-electron chi connectivity index (χ0n) is 11.3. The van der Waals surface area contributed by atoms with Crippen molar-refractivity contribution < 1.29 is 13.2 Å². The normalized spacial score (nSPS) is 17.9. The predicted molar refractivity (Wildman–Crippen MR) is 73.4 cm³/mol. The van der Waals surface area contributed by atoms with Gasteiger partial charge in [-0.25, -0.2) is 8.42 Å². The highest BCUT2D eigenvalue weighted by Crippen LogP contribution is 2.25. The Morgan fingerprint density at radius 2 is 1.84 bits per heavy atom. The summed E-state index contributed by atoms with van der Waals surface area (Å²) < 4.78 is 26.4. The maximum absolute atomic E-state index is 12.5. The Balaban J connectivity index is 2.22. The summed E-state index contributed by atoms with van der Waals surface area (Å²) in [5.41, 5.74) is 0.924. The maximum atomic E-state index is 12.5. The van der Waals surface area contributed by atoms with Crippen molar-refractivity contribution >= 4 is 15.8 Å². The summed E-state index contributed by atoms with van der Waals surface area (Å²) in [4.78, 5) is 11.6. The molecule has 1 aliphatic carbocycles. The minimum Gasteiger partial charge on any atom is -0.300 e. The van der Waals surface area contributed by atoms with Crippen molar-refractivity contribution in [2.75, 3.05) is 7.05 Å². The van der Waals surface area contributed by atoms with Gasteiger partial charge in [0.2, 0.25) is 10.0 Å². The lowest BCUT2D eigenvalue weighted by atomic mass is 9.95. The first-order valence-electron chi connectivity index (χ1n) is 6.47. The lowest BCUT2D eigenvalue weighted by molar-refractivity contribution is -0.120. The second kappa shape index (κ2) is 5.43. The van der Waals surface area contributed by atoms with E-state index in [1.54, 1.807) is 25.2 Å². The van der Waals surface area contributed by atoms with E-state index in [0.29, 0.717) is 30.6 Å². The molecule has 104 valence electrons. The zero-order valence-corrected chi connectivity index (χ0v) is 12.1. The second-order valence-electron chi connectivity index (χ2n) is 5.11. The molecule has 0 atom stereocenters. The SMILES string of the molecule is Cc1cccc(S(=O)(=O)N(C)C2CCC(=O)CC2)c1. The van der Waals surface area contributed by atoms with Gasteiger partial charge in [-0.2, -0.15) is 4.31 Å². The van der Waals surface area contributed by atoms with E-state index in [9.17, 15) is 13.2 Å². The van der Waals surface area contributed by atoms with Gasteiger partial charge >= 0.3 is 0 Å². The van der Waals surface area contributed by atoms with Gasteiger partial charge in [-0.05, 0) is 37.5 Å². The molecule has 0 spiro atoms. The molecule has 1 fully saturated rings. The number of rotatable bonds is 3. The molecule has 0 bridgehead atoms. The van der Waals surface area contributed by atoms with Crippen LogP contribution in [-0.2, 0) is 14.8 Å². The monoisotopic (exact) mass is 281 g/mol. The molecule has 0 radical (unpaired) electrons. The molecule has 1 aromatic rings. The Morgan fingerprint density at radius 1 is 1.21 bits per heavy atom. The lowest BCUT2D eigenvalue weighted by Gasteiger charge is -2.30. The number of benzene rings is 1. The maximum Gasteiger partial charge on any atom is 0.243 e. The van der Waals surface area contributed by atoms with Crippen molar-refractivity contribution in [2.45, 2.75) is 43.5 Å². The van der Waals surface area contributed by atoms with E-state index >= 15 is 0 Å². The molecule has 0 unspecified atom stereocenters. The summed E-state index contributed by atoms with van der Waals surface area (Å²) >= 11 is 0. The molecule has 1 aliphatic rings. The molecule has 1 saturated carbocycles. The summed E-state index contributed by atoms with van der Waals surface area (Å²) in [7, 11) is -1.85. The first kappa shape index (κ1) is 14.2. The minimum atomic E-state index is -3.46. The predicted octanol–water partition coefficient (Wildman–Crippen LogP) is 2.13. The van der Waals surface area contributed by atoms with Gasteiger partial charge in [0.25, 0.3) is 0 Å². The fraction of sp³-hybridized carbons (Fsp3) is 0.500. The molecule has 0 N–H and O–H groups in total. The Labute approximate surface area is 114 Å². The van der Waals surface area contributed by atoms with Gasteiger partial charge in [0.05, 0.1) is 4.90 Å². The number of carbonyl (C=O) groups excluding carboxylic acids is 1. The van der Waals surface area contributed by atoms with Crippen LogP contribution in [0, 0.1) is 6.92 Å². The van der Waals surface area contributed by atoms with Gasteiger partial charge in [0.15, 0.2) is 0 Å². The van der Waals surface area contributed by atoms with Crippen LogP contribution in [0.2, 0.25) is 0 Å². The number of hydrogen-bond donors (Lipinski definition) is 0. The molecule has 2 rings (SSSR count). The number of carbonyl (C=O) groups is 1. The standard InChI is InChI=1S/C14H19NO3S/c1-11-4-3-5-14(10-11)19(17,18)15(2)12-6-8-13(16)9-7-12/h3-5,10,12H,6-9H2,1-2H3. The summed E-state index contributed by atoms with van der Waals surface area (Å²) in [5.74, 6) is 0.234. The van der Waals surface area contributed by atoms with Crippen LogP contribution in [0.1, 0.15) is 31.2 Å². The van der Waals surface area contributed by atoms with E-state index in [4.69, 9.17) is 0 Å². The Kier molecular flexibility index (Phi) is 4.06. The fourth-order valence-corrected chi connectivity index (χ4v) is 3.95. The molecule has 4 nitrogen and oxygen atoms in total. The molecule has 19 heavy (non-hydrogen) atoms. The minimum absolute atomic E-state index is 0.0665. The van der Waals surface area contributed by atoms with E-state index < -0.39 is 10.0 Å². The summed E-state index contributed by atoms with van der Waals surface area (Å²) in [6.45, 7) is 1.87. The van der Waals surface area contributed by atoms with Crippen molar-refractivity contribution in [1.82, 2.24) is 4.31 Å². The molecule has 0 saturated heterocycles. The highest BCUT2D eigenvalue weighted by atomic mass is 32.2. The Hall–Kier alpha value is -1.20. The average Bonchev–Trinajstić information content (AvgIpc) is 2.39. The van der Waals surface area contributed by atoms with Crippen molar-refractivity contribution in [3.63, 3.8) is 0 Å². The molecular weight excluding hydrogens is 262 g/mol. The van der Waals surface area contributed by atoms with Crippen LogP contribution >= 0.6 is 0 Å². The van der Waals surface area contributed by atoms with Crippen LogP contribution in [0.3, 0.4) is 0 Å². The quantitative estimate of drug-likeness (QED) is 0.853. The molecule has 0 aliphatic heterocycles. The Bertz CT molecular complexity index is 570. The number of ketones is 1. The third-order valence-corrected chi connectivity index (χ3v) is 5.60. The molecule has 0 heterocycles. The van der Waals surface area contributed by atoms with E-state index in [1.807, 2.05) is 13.0 Å². The zero-order chi connectivity index (χ0) is 14.0. The summed E-state index contributed by atoms with van der Waals surface area (Å²) in [5, 5.41) is 0. The number of hydrogen-bond acceptors (Lipinski definition) is 3. The topological polar surface area (TPSA) is 54.5 Å². The van der Waals surface area contributed by atoms with Crippen LogP contribution in [0.5, 0.6) is 0 Å². The first-order chi connectivity index (χ1) is 8.91. The molecule has 1 aromatic carbocycles. The number of aryl methyl sites for hydroxylation is 1. The first-order valence-corrected chi connectivity index (χ1v) is 7.91. The third-order valence-electron chi connectivity index (χ3n) is 3.69. The lowest BCUT2D eigenvalue weighted by Crippen LogP contribution is -2.39. The van der Waals surface area contributed by atoms with Crippen LogP contribution in [0.4, 0.5) is 0 Å². The smallest absolute Gasteiger partial charge is 0.243 e. The van der Waals surface area contributed by atoms with E-state index in [-0.39, 0.29) is 11.8 Å². The highest BCUT2D eigenvalue weighted by molar-refractivity contribution is 7.89. The van der Waals surface area contributed by atoms with Gasteiger partial charge in [-0.15, -0.1) is 0 Å². The van der Waals surface area contributed by atoms with Crippen LogP contribution in [0.15, 0.2) is 29.2 Å². The Morgan fingerprint density at radius 3 is 2.42 bits per heavy atom. The van der Waals surface area contributed by atoms with E-state index in [0.717, 1.165) is 5.56 Å². The van der Waals surface area contributed by atoms with Gasteiger partial charge in [0, 0.05) is 25.9 Å². The highest BCUT2D eigenvalue weighted by Gasteiger charge is 2.30. The van der Waals surface area contributed by atoms with Gasteiger partial charge in [-0.3, -0.25) is 4.79 Å². The van der Waals surface area contributed by atoms with Crippen LogP contribution < -0.4 is 0 Å². The fourth-order valence-electron chi connectivity index (χ4n) is 2.43. The molecule has 5 heteroatoms. The summed E-state index contributed by atoms with van der Waals surface area (Å²) in [6, 6.07) is 6.86. The van der Waals surface area contributed by atoms with Gasteiger partial charge < -0.3 is 0 Å². The van der Waals surface area contributed by atoms with Crippen LogP contribution in [-0.4, -0.2) is 31.6 Å². The number of nitrogens with zero attached hydrogens (tertiary/aromatic N) is 1. The third kappa shape index (κ3) is 3.04. The van der Waals surface area contributed by atoms with E-state index in [1.165, 1.54) is 4.31 Å². The van der Waals surface area contributed by atoms with E-state index in [2.05, 4.69) is 0 Å². The van der Waals surface area contributed by atoms with Crippen molar-refractivity contribution in [3.05, 3.63) is 29.8 Å².